The van der Waals surface area contributed by atoms with Crippen LogP contribution in [0.25, 0.3) is 11.2 Å². The minimum absolute atomic E-state index is 0.0314. The molecule has 0 aromatic carbocycles. The Balaban J connectivity index is 1.58. The molecule has 11 heteroatoms. The van der Waals surface area contributed by atoms with Gasteiger partial charge < -0.3 is 30.7 Å². The van der Waals surface area contributed by atoms with Gasteiger partial charge in [-0.25, -0.2) is 15.0 Å². The first-order valence-corrected chi connectivity index (χ1v) is 9.44. The number of anilines is 1. The van der Waals surface area contributed by atoms with E-state index in [0.717, 1.165) is 12.8 Å². The lowest BCUT2D eigenvalue weighted by Crippen LogP contribution is -2.43. The Labute approximate surface area is 160 Å². The topological polar surface area (TPSA) is 155 Å². The minimum Gasteiger partial charge on any atom is -0.395 e. The highest BCUT2D eigenvalue weighted by atomic mass is 16.6. The molecule has 1 amide bonds. The molecule has 0 bridgehead atoms. The molecule has 28 heavy (non-hydrogen) atoms. The Morgan fingerprint density at radius 3 is 2.75 bits per heavy atom. The second-order valence-corrected chi connectivity index (χ2v) is 7.12. The smallest absolute Gasteiger partial charge is 0.252 e. The van der Waals surface area contributed by atoms with E-state index in [1.807, 2.05) is 0 Å². The van der Waals surface area contributed by atoms with E-state index in [4.69, 9.17) is 9.84 Å². The third kappa shape index (κ3) is 3.41. The first-order chi connectivity index (χ1) is 13.6. The Morgan fingerprint density at radius 2 is 2.00 bits per heavy atom. The number of amides is 1. The summed E-state index contributed by atoms with van der Waals surface area (Å²) in [6, 6.07) is 0.345. The number of carbonyl (C=O) groups is 1. The Morgan fingerprint density at radius 1 is 1.21 bits per heavy atom. The molecular weight excluding hydrogens is 368 g/mol. The van der Waals surface area contributed by atoms with E-state index in [1.165, 1.54) is 30.1 Å². The average Bonchev–Trinajstić information content (AvgIpc) is 3.41. The second kappa shape index (κ2) is 7.95. The zero-order valence-corrected chi connectivity index (χ0v) is 15.2. The highest BCUT2D eigenvalue weighted by molar-refractivity contribution is 5.83. The Hall–Kier alpha value is -2.34. The minimum atomic E-state index is -1.42. The molecule has 0 unspecified atom stereocenters. The molecule has 1 aliphatic carbocycles. The number of aliphatic hydroxyl groups is 3. The van der Waals surface area contributed by atoms with Crippen LogP contribution in [0.1, 0.15) is 31.9 Å². The number of ether oxygens (including phenoxy) is 1. The van der Waals surface area contributed by atoms with Crippen molar-refractivity contribution in [1.29, 1.82) is 0 Å². The first kappa shape index (κ1) is 19.0. The number of rotatable bonds is 6. The van der Waals surface area contributed by atoms with Crippen LogP contribution in [-0.2, 0) is 9.53 Å². The molecule has 2 fully saturated rings. The zero-order valence-electron chi connectivity index (χ0n) is 15.2. The maximum absolute atomic E-state index is 12.1. The third-order valence-electron chi connectivity index (χ3n) is 5.24. The molecule has 11 nitrogen and oxygen atoms in total. The van der Waals surface area contributed by atoms with E-state index in [-0.39, 0.29) is 13.2 Å². The second-order valence-electron chi connectivity index (χ2n) is 7.12. The van der Waals surface area contributed by atoms with Gasteiger partial charge in [0.2, 0.25) is 0 Å². The van der Waals surface area contributed by atoms with Gasteiger partial charge in [0, 0.05) is 12.6 Å². The summed E-state index contributed by atoms with van der Waals surface area (Å²) in [5.41, 5.74) is 0.969. The van der Waals surface area contributed by atoms with Crippen molar-refractivity contribution in [1.82, 2.24) is 24.8 Å². The molecule has 5 N–H and O–H groups in total. The molecule has 4 rings (SSSR count). The van der Waals surface area contributed by atoms with Crippen molar-refractivity contribution in [3.8, 4) is 0 Å². The summed E-state index contributed by atoms with van der Waals surface area (Å²) in [5.74, 6) is 0.00617. The van der Waals surface area contributed by atoms with Crippen molar-refractivity contribution in [2.75, 3.05) is 18.5 Å². The maximum atomic E-state index is 12.1. The third-order valence-corrected chi connectivity index (χ3v) is 5.24. The van der Waals surface area contributed by atoms with Gasteiger partial charge in [0.15, 0.2) is 29.3 Å². The molecule has 2 aliphatic rings. The monoisotopic (exact) mass is 392 g/mol. The summed E-state index contributed by atoms with van der Waals surface area (Å²) >= 11 is 0. The normalized spacial score (nSPS) is 28.1. The van der Waals surface area contributed by atoms with E-state index in [1.54, 1.807) is 0 Å². The lowest BCUT2D eigenvalue weighted by Gasteiger charge is -2.17. The molecule has 152 valence electrons. The van der Waals surface area contributed by atoms with Crippen LogP contribution in [-0.4, -0.2) is 78.3 Å². The van der Waals surface area contributed by atoms with Crippen molar-refractivity contribution < 1.29 is 24.9 Å². The van der Waals surface area contributed by atoms with E-state index in [0.29, 0.717) is 23.0 Å². The molecule has 1 saturated carbocycles. The summed E-state index contributed by atoms with van der Waals surface area (Å²) in [6.45, 7) is -0.204. The predicted octanol–water partition coefficient (Wildman–Crippen LogP) is -1.09. The van der Waals surface area contributed by atoms with Gasteiger partial charge in [-0.15, -0.1) is 0 Å². The molecule has 4 atom stereocenters. The fourth-order valence-corrected chi connectivity index (χ4v) is 3.79. The Bertz CT molecular complexity index is 839. The van der Waals surface area contributed by atoms with Crippen LogP contribution >= 0.6 is 0 Å². The van der Waals surface area contributed by atoms with Crippen LogP contribution in [0.5, 0.6) is 0 Å². The first-order valence-electron chi connectivity index (χ1n) is 9.44. The van der Waals surface area contributed by atoms with Gasteiger partial charge in [0.25, 0.3) is 5.91 Å². The quantitative estimate of drug-likeness (QED) is 0.412. The fraction of sp³-hybridized carbons (Fsp3) is 0.647. The number of hydrogen-bond acceptors (Lipinski definition) is 9. The van der Waals surface area contributed by atoms with Crippen LogP contribution in [0.3, 0.4) is 0 Å². The lowest BCUT2D eigenvalue weighted by molar-refractivity contribution is -0.137. The number of imidazole rings is 1. The summed E-state index contributed by atoms with van der Waals surface area (Å²) in [5, 5.41) is 35.3. The molecule has 0 radical (unpaired) electrons. The molecule has 2 aromatic heterocycles. The highest BCUT2D eigenvalue weighted by Crippen LogP contribution is 2.33. The van der Waals surface area contributed by atoms with Crippen LogP contribution in [0.4, 0.5) is 5.82 Å². The number of nitrogens with one attached hydrogen (secondary N) is 2. The van der Waals surface area contributed by atoms with Gasteiger partial charge in [-0.3, -0.25) is 9.36 Å². The SMILES string of the molecule is O=C(NCCO)[C@H]1O[C@@H](n2cnc3c(NC4CCCC4)ncnc32)[C@H](O)[C@@H]1O. The molecule has 1 aliphatic heterocycles. The molecule has 3 heterocycles. The number of nitrogens with zero attached hydrogens (tertiary/aromatic N) is 4. The molecular formula is C17H24N6O5. The average molecular weight is 392 g/mol. The standard InChI is InChI=1S/C17H24N6O5/c24-6-5-18-16(27)13-11(25)12(26)17(28-13)23-8-21-10-14(19-7-20-15(10)23)22-9-3-1-2-4-9/h7-9,11-13,17,24-26H,1-6H2,(H,18,27)(H,19,20,22)/t11-,12+,13-,17+/m0/s1. The van der Waals surface area contributed by atoms with Crippen molar-refractivity contribution in [2.45, 2.75) is 56.3 Å². The van der Waals surface area contributed by atoms with E-state index in [2.05, 4.69) is 25.6 Å². The number of aromatic nitrogens is 4. The van der Waals surface area contributed by atoms with Gasteiger partial charge in [-0.05, 0) is 12.8 Å². The van der Waals surface area contributed by atoms with Crippen LogP contribution < -0.4 is 10.6 Å². The van der Waals surface area contributed by atoms with E-state index < -0.39 is 30.4 Å². The lowest BCUT2D eigenvalue weighted by atomic mass is 10.1. The number of fused-ring (bicyclic) bond motifs is 1. The highest BCUT2D eigenvalue weighted by Gasteiger charge is 2.47. The van der Waals surface area contributed by atoms with Crippen LogP contribution in [0, 0.1) is 0 Å². The number of hydrogen-bond donors (Lipinski definition) is 5. The van der Waals surface area contributed by atoms with E-state index >= 15 is 0 Å². The van der Waals surface area contributed by atoms with Crippen molar-refractivity contribution >= 4 is 22.9 Å². The van der Waals surface area contributed by atoms with Gasteiger partial charge in [-0.1, -0.05) is 12.8 Å². The van der Waals surface area contributed by atoms with Gasteiger partial charge in [0.05, 0.1) is 12.9 Å². The molecule has 2 aromatic rings. The van der Waals surface area contributed by atoms with Gasteiger partial charge in [-0.2, -0.15) is 0 Å². The van der Waals surface area contributed by atoms with E-state index in [9.17, 15) is 15.0 Å². The van der Waals surface area contributed by atoms with Gasteiger partial charge >= 0.3 is 0 Å². The van der Waals surface area contributed by atoms with Crippen molar-refractivity contribution in [3.05, 3.63) is 12.7 Å². The Kier molecular flexibility index (Phi) is 5.40. The summed E-state index contributed by atoms with van der Waals surface area (Å²) in [7, 11) is 0. The molecule has 0 spiro atoms. The van der Waals surface area contributed by atoms with Crippen molar-refractivity contribution in [3.63, 3.8) is 0 Å². The summed E-state index contributed by atoms with van der Waals surface area (Å²) in [6.07, 6.45) is 2.32. The predicted molar refractivity (Wildman–Crippen MR) is 97.2 cm³/mol. The summed E-state index contributed by atoms with van der Waals surface area (Å²) < 4.78 is 7.11. The fourth-order valence-electron chi connectivity index (χ4n) is 3.79. The number of aliphatic hydroxyl groups excluding tert-OH is 3. The maximum Gasteiger partial charge on any atom is 0.252 e. The van der Waals surface area contributed by atoms with Crippen LogP contribution in [0.2, 0.25) is 0 Å². The van der Waals surface area contributed by atoms with Crippen LogP contribution in [0.15, 0.2) is 12.7 Å². The summed E-state index contributed by atoms with van der Waals surface area (Å²) in [4.78, 5) is 25.0. The van der Waals surface area contributed by atoms with Crippen molar-refractivity contribution in [2.24, 2.45) is 0 Å². The van der Waals surface area contributed by atoms with Gasteiger partial charge in [0.1, 0.15) is 18.5 Å². The molecule has 1 saturated heterocycles. The largest absolute Gasteiger partial charge is 0.395 e. The zero-order chi connectivity index (χ0) is 19.7. The number of carbonyl (C=O) groups excluding carboxylic acids is 1.